The van der Waals surface area contributed by atoms with Crippen LogP contribution in [0, 0.1) is 0 Å². The van der Waals surface area contributed by atoms with Crippen LogP contribution < -0.4 is 4.90 Å². The second-order valence-electron chi connectivity index (χ2n) is 12.4. The zero-order chi connectivity index (χ0) is 33.3. The Hall–Kier alpha value is -6.71. The first-order valence-corrected chi connectivity index (χ1v) is 17.0. The second-order valence-corrected chi connectivity index (χ2v) is 12.4. The van der Waals surface area contributed by atoms with Crippen molar-refractivity contribution < 1.29 is 0 Å². The molecule has 0 atom stereocenters. The third kappa shape index (κ3) is 5.22. The van der Waals surface area contributed by atoms with Gasteiger partial charge in [0, 0.05) is 39.1 Å². The molecule has 0 fully saturated rings. The maximum Gasteiger partial charge on any atom is 0.101 e. The van der Waals surface area contributed by atoms with Crippen LogP contribution in [0.2, 0.25) is 0 Å². The lowest BCUT2D eigenvalue weighted by Crippen LogP contribution is -2.09. The number of para-hydroxylation sites is 2. The lowest BCUT2D eigenvalue weighted by molar-refractivity contribution is 0.979. The highest BCUT2D eigenvalue weighted by Crippen LogP contribution is 2.43. The molecule has 0 amide bonds. The number of hydrogen-bond acceptors (Lipinski definition) is 2. The fourth-order valence-corrected chi connectivity index (χ4v) is 7.10. The van der Waals surface area contributed by atoms with Crippen LogP contribution in [0.1, 0.15) is 0 Å². The number of hydrogen-bond donors (Lipinski definition) is 0. The zero-order valence-corrected chi connectivity index (χ0v) is 27.4. The topological polar surface area (TPSA) is 20.5 Å². The van der Waals surface area contributed by atoms with Crippen molar-refractivity contribution in [2.24, 2.45) is 0 Å². The molecule has 0 bridgehead atoms. The summed E-state index contributed by atoms with van der Waals surface area (Å²) < 4.78 is 2.16. The van der Waals surface area contributed by atoms with Crippen molar-refractivity contribution in [2.45, 2.75) is 0 Å². The number of anilines is 3. The fourth-order valence-electron chi connectivity index (χ4n) is 7.10. The largest absolute Gasteiger partial charge is 0.311 e. The van der Waals surface area contributed by atoms with E-state index in [1.54, 1.807) is 0 Å². The Morgan fingerprint density at radius 2 is 0.880 bits per heavy atom. The van der Waals surface area contributed by atoms with E-state index in [0.29, 0.717) is 0 Å². The molecule has 0 unspecified atom stereocenters. The molecule has 0 spiro atoms. The molecule has 7 aromatic carbocycles. The van der Waals surface area contributed by atoms with Crippen LogP contribution in [-0.4, -0.2) is 9.61 Å². The molecule has 9 rings (SSSR count). The van der Waals surface area contributed by atoms with Gasteiger partial charge in [-0.05, 0) is 64.5 Å². The van der Waals surface area contributed by atoms with E-state index in [2.05, 4.69) is 210 Å². The molecular formula is C47H33N3. The van der Waals surface area contributed by atoms with Gasteiger partial charge >= 0.3 is 0 Å². The van der Waals surface area contributed by atoms with E-state index in [1.807, 2.05) is 0 Å². The highest BCUT2D eigenvalue weighted by Gasteiger charge is 2.22. The van der Waals surface area contributed by atoms with Gasteiger partial charge < -0.3 is 4.90 Å². The molecule has 50 heavy (non-hydrogen) atoms. The molecule has 2 aromatic heterocycles. The van der Waals surface area contributed by atoms with Crippen molar-refractivity contribution >= 4 is 33.4 Å². The van der Waals surface area contributed by atoms with Crippen molar-refractivity contribution in [3.8, 4) is 44.8 Å². The first-order valence-electron chi connectivity index (χ1n) is 17.0. The fraction of sp³-hybridized carbons (Fsp3) is 0. The van der Waals surface area contributed by atoms with Crippen LogP contribution >= 0.6 is 0 Å². The van der Waals surface area contributed by atoms with Crippen molar-refractivity contribution in [1.82, 2.24) is 9.61 Å². The minimum atomic E-state index is 0.971. The quantitative estimate of drug-likeness (QED) is 0.173. The summed E-state index contributed by atoms with van der Waals surface area (Å²) in [6.07, 6.45) is 0. The maximum absolute atomic E-state index is 5.39. The van der Waals surface area contributed by atoms with Crippen LogP contribution in [-0.2, 0) is 0 Å². The van der Waals surface area contributed by atoms with Gasteiger partial charge in [-0.2, -0.15) is 5.10 Å². The molecule has 9 aromatic rings. The van der Waals surface area contributed by atoms with Gasteiger partial charge in [0.15, 0.2) is 0 Å². The number of benzene rings is 7. The summed E-state index contributed by atoms with van der Waals surface area (Å²) in [4.78, 5) is 2.30. The van der Waals surface area contributed by atoms with E-state index < -0.39 is 0 Å². The summed E-state index contributed by atoms with van der Waals surface area (Å²) in [5, 5.41) is 7.74. The van der Waals surface area contributed by atoms with Crippen LogP contribution in [0.4, 0.5) is 17.1 Å². The van der Waals surface area contributed by atoms with E-state index in [0.717, 1.165) is 67.2 Å². The number of aromatic nitrogens is 2. The molecule has 0 saturated heterocycles. The van der Waals surface area contributed by atoms with Gasteiger partial charge in [-0.1, -0.05) is 158 Å². The number of rotatable bonds is 7. The summed E-state index contributed by atoms with van der Waals surface area (Å²) >= 11 is 0. The summed E-state index contributed by atoms with van der Waals surface area (Å²) in [6, 6.07) is 70.8. The Kier molecular flexibility index (Phi) is 7.49. The maximum atomic E-state index is 5.39. The van der Waals surface area contributed by atoms with Crippen LogP contribution in [0.15, 0.2) is 200 Å². The average Bonchev–Trinajstić information content (AvgIpc) is 3.61. The Morgan fingerprint density at radius 3 is 1.46 bits per heavy atom. The average molecular weight is 640 g/mol. The lowest BCUT2D eigenvalue weighted by atomic mass is 9.93. The Morgan fingerprint density at radius 1 is 0.380 bits per heavy atom. The molecule has 0 aliphatic heterocycles. The number of pyridine rings is 1. The summed E-state index contributed by atoms with van der Waals surface area (Å²) in [5.74, 6) is 0. The van der Waals surface area contributed by atoms with Crippen LogP contribution in [0.25, 0.3) is 61.1 Å². The molecule has 236 valence electrons. The summed E-state index contributed by atoms with van der Waals surface area (Å²) in [5.41, 5.74) is 13.3. The van der Waals surface area contributed by atoms with E-state index in [9.17, 15) is 0 Å². The van der Waals surface area contributed by atoms with Gasteiger partial charge in [-0.25, -0.2) is 4.52 Å². The van der Waals surface area contributed by atoms with Gasteiger partial charge in [0.05, 0.1) is 11.2 Å². The third-order valence-electron chi connectivity index (χ3n) is 9.40. The normalized spacial score (nSPS) is 11.2. The SMILES string of the molecule is c1ccc(-c2nn3c(-c4ccccc4)cc4c(-c5ccc(N(c6ccccc6)c6ccccc6)cc5)cccc4c3c2-c2ccccc2)cc1. The molecule has 0 aliphatic carbocycles. The van der Waals surface area contributed by atoms with Crippen molar-refractivity contribution in [3.05, 3.63) is 200 Å². The van der Waals surface area contributed by atoms with E-state index in [1.165, 1.54) is 10.9 Å². The van der Waals surface area contributed by atoms with Gasteiger partial charge in [0.25, 0.3) is 0 Å². The Labute approximate surface area is 292 Å². The zero-order valence-electron chi connectivity index (χ0n) is 27.4. The first-order chi connectivity index (χ1) is 24.8. The Balaban J connectivity index is 1.29. The molecule has 0 radical (unpaired) electrons. The molecule has 3 nitrogen and oxygen atoms in total. The number of nitrogens with zero attached hydrogens (tertiary/aromatic N) is 3. The standard InChI is InChI=1S/C47H33N3/c1-6-17-35(18-7-1)44-33-43-41(34-29-31-40(32-30-34)49(38-23-12-4-13-24-38)39-25-14-5-15-26-39)27-16-28-42(43)47-45(36-19-8-2-9-20-36)46(48-50(44)47)37-21-10-3-11-22-37/h1-33H. The van der Waals surface area contributed by atoms with E-state index >= 15 is 0 Å². The van der Waals surface area contributed by atoms with E-state index in [-0.39, 0.29) is 0 Å². The van der Waals surface area contributed by atoms with Crippen molar-refractivity contribution in [3.63, 3.8) is 0 Å². The van der Waals surface area contributed by atoms with Gasteiger partial charge in [0.2, 0.25) is 0 Å². The predicted molar refractivity (Wildman–Crippen MR) is 209 cm³/mol. The molecule has 3 heteroatoms. The number of fused-ring (bicyclic) bond motifs is 3. The van der Waals surface area contributed by atoms with Gasteiger partial charge in [-0.15, -0.1) is 0 Å². The van der Waals surface area contributed by atoms with E-state index in [4.69, 9.17) is 5.10 Å². The summed E-state index contributed by atoms with van der Waals surface area (Å²) in [6.45, 7) is 0. The lowest BCUT2D eigenvalue weighted by Gasteiger charge is -2.25. The van der Waals surface area contributed by atoms with Crippen LogP contribution in [0.5, 0.6) is 0 Å². The van der Waals surface area contributed by atoms with Crippen molar-refractivity contribution in [1.29, 1.82) is 0 Å². The summed E-state index contributed by atoms with van der Waals surface area (Å²) in [7, 11) is 0. The predicted octanol–water partition coefficient (Wildman–Crippen LogP) is 12.6. The minimum absolute atomic E-state index is 0.971. The Bertz CT molecular complexity index is 2500. The molecule has 2 heterocycles. The first kappa shape index (κ1) is 29.4. The van der Waals surface area contributed by atoms with Crippen LogP contribution in [0.3, 0.4) is 0 Å². The smallest absolute Gasteiger partial charge is 0.101 e. The van der Waals surface area contributed by atoms with Crippen molar-refractivity contribution in [2.75, 3.05) is 4.90 Å². The molecule has 0 saturated carbocycles. The highest BCUT2D eigenvalue weighted by molar-refractivity contribution is 6.12. The molecule has 0 N–H and O–H groups in total. The van der Waals surface area contributed by atoms with Gasteiger partial charge in [0.1, 0.15) is 5.69 Å². The highest BCUT2D eigenvalue weighted by atomic mass is 15.2. The molecular weight excluding hydrogens is 607 g/mol. The second kappa shape index (κ2) is 12.7. The molecule has 0 aliphatic rings. The monoisotopic (exact) mass is 639 g/mol. The minimum Gasteiger partial charge on any atom is -0.311 e. The third-order valence-corrected chi connectivity index (χ3v) is 9.40. The van der Waals surface area contributed by atoms with Gasteiger partial charge in [-0.3, -0.25) is 0 Å².